The fourth-order valence-electron chi connectivity index (χ4n) is 3.94. The van der Waals surface area contributed by atoms with Crippen molar-refractivity contribution in [2.24, 2.45) is 5.41 Å². The Hall–Kier alpha value is -2.54. The molecule has 1 aliphatic heterocycles. The lowest BCUT2D eigenvalue weighted by molar-refractivity contribution is -0.127. The van der Waals surface area contributed by atoms with Crippen LogP contribution < -0.4 is 14.4 Å². The molecule has 1 amide bonds. The number of hydrogen-bond donors (Lipinski definition) is 1. The summed E-state index contributed by atoms with van der Waals surface area (Å²) in [6.07, 6.45) is 4.16. The highest BCUT2D eigenvalue weighted by molar-refractivity contribution is 7.92. The molecule has 0 aromatic heterocycles. The van der Waals surface area contributed by atoms with Crippen LogP contribution in [0.5, 0.6) is 5.75 Å². The first-order valence-electron chi connectivity index (χ1n) is 9.87. The van der Waals surface area contributed by atoms with E-state index in [1.165, 1.54) is 10.5 Å². The number of anilines is 2. The molecule has 0 spiro atoms. The number of rotatable bonds is 3. The summed E-state index contributed by atoms with van der Waals surface area (Å²) in [6, 6.07) is 10.4. The Morgan fingerprint density at radius 3 is 2.52 bits per heavy atom. The van der Waals surface area contributed by atoms with E-state index >= 15 is 0 Å². The number of benzene rings is 2. The van der Waals surface area contributed by atoms with Crippen molar-refractivity contribution in [1.29, 1.82) is 0 Å². The number of nitrogens with one attached hydrogen (secondary N) is 1. The van der Waals surface area contributed by atoms with E-state index in [2.05, 4.69) is 4.72 Å². The van der Waals surface area contributed by atoms with E-state index in [1.54, 1.807) is 37.4 Å². The zero-order valence-corrected chi connectivity index (χ0v) is 17.8. The van der Waals surface area contributed by atoms with Crippen LogP contribution in [0.3, 0.4) is 0 Å². The molecule has 29 heavy (non-hydrogen) atoms. The molecule has 0 fully saturated rings. The number of carbonyl (C=O) groups excluding carboxylic acids is 1. The van der Waals surface area contributed by atoms with Crippen LogP contribution in [0.25, 0.3) is 0 Å². The average Bonchev–Trinajstić information content (AvgIpc) is 2.78. The van der Waals surface area contributed by atoms with Gasteiger partial charge in [-0.2, -0.15) is 0 Å². The van der Waals surface area contributed by atoms with Gasteiger partial charge in [0.1, 0.15) is 12.4 Å². The highest BCUT2D eigenvalue weighted by atomic mass is 32.2. The number of ether oxygens (including phenoxy) is 1. The van der Waals surface area contributed by atoms with Crippen LogP contribution in [0, 0.1) is 5.41 Å². The molecule has 0 saturated carbocycles. The molecule has 2 aliphatic rings. The first-order chi connectivity index (χ1) is 13.7. The number of carbonyl (C=O) groups is 1. The summed E-state index contributed by atoms with van der Waals surface area (Å²) in [5.41, 5.74) is 2.63. The molecule has 2 aromatic carbocycles. The highest BCUT2D eigenvalue weighted by Crippen LogP contribution is 2.37. The lowest BCUT2D eigenvalue weighted by atomic mass is 9.92. The quantitative estimate of drug-likeness (QED) is 0.830. The SMILES string of the molecule is CN1C(=O)C(C)(C)COc2ccc(NS(=O)(=O)c3ccc4c(c3)CCCC4)cc21. The van der Waals surface area contributed by atoms with E-state index in [1.807, 2.05) is 19.9 Å². The van der Waals surface area contributed by atoms with Crippen LogP contribution in [0.15, 0.2) is 41.3 Å². The molecule has 7 heteroatoms. The lowest BCUT2D eigenvalue weighted by Gasteiger charge is -2.24. The molecular formula is C22H26N2O4S. The van der Waals surface area contributed by atoms with Crippen LogP contribution in [0.4, 0.5) is 11.4 Å². The minimum absolute atomic E-state index is 0.0778. The van der Waals surface area contributed by atoms with Crippen molar-refractivity contribution in [3.8, 4) is 5.75 Å². The van der Waals surface area contributed by atoms with Crippen LogP contribution in [-0.2, 0) is 27.7 Å². The number of aryl methyl sites for hydroxylation is 2. The minimum atomic E-state index is -3.73. The predicted molar refractivity (Wildman–Crippen MR) is 113 cm³/mol. The third kappa shape index (κ3) is 3.71. The topological polar surface area (TPSA) is 75.7 Å². The Labute approximate surface area is 171 Å². The van der Waals surface area contributed by atoms with Gasteiger partial charge in [0.25, 0.3) is 10.0 Å². The van der Waals surface area contributed by atoms with E-state index in [0.717, 1.165) is 31.2 Å². The van der Waals surface area contributed by atoms with Crippen molar-refractivity contribution >= 4 is 27.3 Å². The Balaban J connectivity index is 1.64. The van der Waals surface area contributed by atoms with Gasteiger partial charge in [-0.15, -0.1) is 0 Å². The van der Waals surface area contributed by atoms with E-state index in [9.17, 15) is 13.2 Å². The lowest BCUT2D eigenvalue weighted by Crippen LogP contribution is -2.39. The van der Waals surface area contributed by atoms with Crippen LogP contribution in [-0.4, -0.2) is 28.0 Å². The summed E-state index contributed by atoms with van der Waals surface area (Å²) in [6.45, 7) is 3.93. The molecule has 1 aliphatic carbocycles. The van der Waals surface area contributed by atoms with Crippen molar-refractivity contribution in [2.75, 3.05) is 23.3 Å². The van der Waals surface area contributed by atoms with Crippen LogP contribution in [0.2, 0.25) is 0 Å². The molecule has 1 N–H and O–H groups in total. The molecular weight excluding hydrogens is 388 g/mol. The second-order valence-electron chi connectivity index (χ2n) is 8.46. The molecule has 0 radical (unpaired) electrons. The Kier molecular flexibility index (Phi) is 4.81. The minimum Gasteiger partial charge on any atom is -0.490 e. The number of sulfonamides is 1. The highest BCUT2D eigenvalue weighted by Gasteiger charge is 2.36. The third-order valence-electron chi connectivity index (χ3n) is 5.67. The molecule has 4 rings (SSSR count). The van der Waals surface area contributed by atoms with Gasteiger partial charge >= 0.3 is 0 Å². The van der Waals surface area contributed by atoms with Gasteiger partial charge in [0.15, 0.2) is 0 Å². The van der Waals surface area contributed by atoms with Crippen molar-refractivity contribution in [3.63, 3.8) is 0 Å². The molecule has 0 saturated heterocycles. The third-order valence-corrected chi connectivity index (χ3v) is 7.05. The number of amides is 1. The molecule has 0 atom stereocenters. The van der Waals surface area contributed by atoms with Crippen molar-refractivity contribution in [1.82, 2.24) is 0 Å². The van der Waals surface area contributed by atoms with E-state index in [0.29, 0.717) is 17.1 Å². The fraction of sp³-hybridized carbons (Fsp3) is 0.409. The predicted octanol–water partition coefficient (Wildman–Crippen LogP) is 3.75. The van der Waals surface area contributed by atoms with Crippen molar-refractivity contribution < 1.29 is 17.9 Å². The van der Waals surface area contributed by atoms with Crippen LogP contribution >= 0.6 is 0 Å². The summed E-state index contributed by atoms with van der Waals surface area (Å²) in [4.78, 5) is 14.5. The van der Waals surface area contributed by atoms with E-state index in [-0.39, 0.29) is 17.4 Å². The maximum absolute atomic E-state index is 12.9. The van der Waals surface area contributed by atoms with Crippen molar-refractivity contribution in [2.45, 2.75) is 44.4 Å². The second kappa shape index (κ2) is 7.06. The summed E-state index contributed by atoms with van der Waals surface area (Å²) < 4.78 is 34.3. The Morgan fingerprint density at radius 2 is 1.76 bits per heavy atom. The van der Waals surface area contributed by atoms with Gasteiger partial charge in [0.2, 0.25) is 5.91 Å². The maximum atomic E-state index is 12.9. The maximum Gasteiger partial charge on any atom is 0.261 e. The largest absolute Gasteiger partial charge is 0.490 e. The molecule has 0 bridgehead atoms. The molecule has 2 aromatic rings. The zero-order chi connectivity index (χ0) is 20.8. The Morgan fingerprint density at radius 1 is 1.03 bits per heavy atom. The molecule has 6 nitrogen and oxygen atoms in total. The normalized spacial score (nSPS) is 18.3. The standard InChI is InChI=1S/C22H26N2O4S/c1-22(2)14-28-20-11-9-17(13-19(20)24(3)21(22)25)23-29(26,27)18-10-8-15-6-4-5-7-16(15)12-18/h8-13,23H,4-7,14H2,1-3H3. The first-order valence-corrected chi connectivity index (χ1v) is 11.4. The number of hydrogen-bond acceptors (Lipinski definition) is 4. The van der Waals surface area contributed by atoms with E-state index < -0.39 is 15.4 Å². The summed E-state index contributed by atoms with van der Waals surface area (Å²) in [5, 5.41) is 0. The van der Waals surface area contributed by atoms with Gasteiger partial charge in [-0.1, -0.05) is 6.07 Å². The van der Waals surface area contributed by atoms with Crippen LogP contribution in [0.1, 0.15) is 37.8 Å². The smallest absolute Gasteiger partial charge is 0.261 e. The Bertz CT molecular complexity index is 1080. The van der Waals surface area contributed by atoms with Gasteiger partial charge in [0, 0.05) is 7.05 Å². The summed E-state index contributed by atoms with van der Waals surface area (Å²) >= 11 is 0. The monoisotopic (exact) mass is 414 g/mol. The van der Waals surface area contributed by atoms with Gasteiger partial charge in [0.05, 0.1) is 21.7 Å². The first kappa shape index (κ1) is 19.8. The average molecular weight is 415 g/mol. The van der Waals surface area contributed by atoms with Crippen molar-refractivity contribution in [3.05, 3.63) is 47.5 Å². The molecule has 0 unspecified atom stereocenters. The second-order valence-corrected chi connectivity index (χ2v) is 10.1. The van der Waals surface area contributed by atoms with Gasteiger partial charge < -0.3 is 9.64 Å². The number of nitrogens with zero attached hydrogens (tertiary/aromatic N) is 1. The fourth-order valence-corrected chi connectivity index (χ4v) is 5.04. The molecule has 1 heterocycles. The summed E-state index contributed by atoms with van der Waals surface area (Å²) in [5.74, 6) is 0.481. The molecule has 154 valence electrons. The van der Waals surface area contributed by atoms with E-state index in [4.69, 9.17) is 4.74 Å². The zero-order valence-electron chi connectivity index (χ0n) is 17.0. The van der Waals surface area contributed by atoms with Gasteiger partial charge in [-0.05, 0) is 81.0 Å². The summed E-state index contributed by atoms with van der Waals surface area (Å²) in [7, 11) is -2.05. The number of fused-ring (bicyclic) bond motifs is 2. The van der Waals surface area contributed by atoms with Gasteiger partial charge in [-0.25, -0.2) is 8.42 Å². The van der Waals surface area contributed by atoms with Gasteiger partial charge in [-0.3, -0.25) is 9.52 Å².